The van der Waals surface area contributed by atoms with Crippen molar-refractivity contribution in [2.75, 3.05) is 13.1 Å². The Hall–Kier alpha value is -1.86. The molecule has 132 valence electrons. The van der Waals surface area contributed by atoms with Gasteiger partial charge in [-0.15, -0.1) is 0 Å². The Kier molecular flexibility index (Phi) is 5.75. The van der Waals surface area contributed by atoms with Crippen molar-refractivity contribution >= 4 is 21.8 Å². The predicted octanol–water partition coefficient (Wildman–Crippen LogP) is 3.52. The van der Waals surface area contributed by atoms with E-state index in [4.69, 9.17) is 0 Å². The van der Waals surface area contributed by atoms with Crippen molar-refractivity contribution in [3.05, 3.63) is 63.9 Å². The molecule has 2 heterocycles. The van der Waals surface area contributed by atoms with Crippen LogP contribution in [0.25, 0.3) is 0 Å². The summed E-state index contributed by atoms with van der Waals surface area (Å²) in [5.74, 6) is -1.78. The van der Waals surface area contributed by atoms with Crippen molar-refractivity contribution < 1.29 is 13.6 Å². The van der Waals surface area contributed by atoms with Gasteiger partial charge in [-0.3, -0.25) is 14.7 Å². The van der Waals surface area contributed by atoms with Gasteiger partial charge in [0.05, 0.1) is 5.56 Å². The number of aromatic nitrogens is 1. The van der Waals surface area contributed by atoms with Crippen molar-refractivity contribution in [3.8, 4) is 0 Å². The number of nitrogens with zero attached hydrogens (tertiary/aromatic N) is 2. The highest BCUT2D eigenvalue weighted by Gasteiger charge is 2.21. The number of nitrogens with one attached hydrogen (secondary N) is 1. The van der Waals surface area contributed by atoms with Crippen molar-refractivity contribution in [1.82, 2.24) is 15.2 Å². The lowest BCUT2D eigenvalue weighted by Crippen LogP contribution is -2.44. The van der Waals surface area contributed by atoms with Crippen LogP contribution in [0, 0.1) is 11.6 Å². The maximum absolute atomic E-state index is 13.3. The molecule has 1 amide bonds. The van der Waals surface area contributed by atoms with E-state index < -0.39 is 11.6 Å². The average molecular weight is 410 g/mol. The Morgan fingerprint density at radius 3 is 2.64 bits per heavy atom. The molecule has 1 aliphatic rings. The molecule has 4 nitrogen and oxygen atoms in total. The molecule has 0 spiro atoms. The summed E-state index contributed by atoms with van der Waals surface area (Å²) in [6.45, 7) is 2.16. The zero-order valence-electron chi connectivity index (χ0n) is 13.5. The van der Waals surface area contributed by atoms with Crippen LogP contribution in [0.5, 0.6) is 0 Å². The third kappa shape index (κ3) is 4.83. The van der Waals surface area contributed by atoms with E-state index in [1.54, 1.807) is 18.3 Å². The zero-order valence-corrected chi connectivity index (χ0v) is 15.1. The summed E-state index contributed by atoms with van der Waals surface area (Å²) >= 11 is 3.31. The Morgan fingerprint density at radius 2 is 1.96 bits per heavy atom. The zero-order chi connectivity index (χ0) is 17.8. The molecule has 1 fully saturated rings. The van der Waals surface area contributed by atoms with Crippen LogP contribution in [-0.2, 0) is 6.54 Å². The second kappa shape index (κ2) is 8.01. The Morgan fingerprint density at radius 1 is 1.20 bits per heavy atom. The number of rotatable bonds is 4. The lowest BCUT2D eigenvalue weighted by atomic mass is 10.0. The molecule has 0 atom stereocenters. The highest BCUT2D eigenvalue weighted by Crippen LogP contribution is 2.17. The molecule has 1 aromatic carbocycles. The summed E-state index contributed by atoms with van der Waals surface area (Å²) in [6, 6.07) is 5.84. The van der Waals surface area contributed by atoms with Gasteiger partial charge in [0.2, 0.25) is 0 Å². The first-order chi connectivity index (χ1) is 12.0. The van der Waals surface area contributed by atoms with Gasteiger partial charge in [-0.25, -0.2) is 8.78 Å². The van der Waals surface area contributed by atoms with Gasteiger partial charge >= 0.3 is 0 Å². The van der Waals surface area contributed by atoms with Crippen LogP contribution >= 0.6 is 15.9 Å². The van der Waals surface area contributed by atoms with E-state index in [2.05, 4.69) is 31.1 Å². The first-order valence-electron chi connectivity index (χ1n) is 8.09. The van der Waals surface area contributed by atoms with E-state index in [9.17, 15) is 13.6 Å². The Balaban J connectivity index is 1.50. The number of piperidine rings is 1. The molecule has 1 aromatic heterocycles. The molecule has 1 N–H and O–H groups in total. The number of halogens is 3. The fraction of sp³-hybridized carbons (Fsp3) is 0.333. The molecule has 7 heteroatoms. The van der Waals surface area contributed by atoms with Gasteiger partial charge < -0.3 is 5.32 Å². The van der Waals surface area contributed by atoms with Crippen LogP contribution in [0.15, 0.2) is 41.1 Å². The van der Waals surface area contributed by atoms with Crippen molar-refractivity contribution in [2.45, 2.75) is 25.4 Å². The molecule has 1 saturated heterocycles. The molecule has 0 aliphatic carbocycles. The van der Waals surface area contributed by atoms with E-state index in [1.165, 1.54) is 12.3 Å². The molecule has 2 aromatic rings. The number of amides is 1. The summed E-state index contributed by atoms with van der Waals surface area (Å²) in [7, 11) is 0. The number of likely N-dealkylation sites (tertiary alicyclic amines) is 1. The van der Waals surface area contributed by atoms with Crippen molar-refractivity contribution in [3.63, 3.8) is 0 Å². The number of carbonyl (C=O) groups excluding carboxylic acids is 1. The molecule has 0 unspecified atom stereocenters. The van der Waals surface area contributed by atoms with E-state index >= 15 is 0 Å². The molecule has 0 radical (unpaired) electrons. The summed E-state index contributed by atoms with van der Waals surface area (Å²) in [4.78, 5) is 18.4. The minimum absolute atomic E-state index is 0.104. The number of hydrogen-bond donors (Lipinski definition) is 1. The van der Waals surface area contributed by atoms with Gasteiger partial charge in [0.25, 0.3) is 5.91 Å². The van der Waals surface area contributed by atoms with Gasteiger partial charge in [-0.1, -0.05) is 6.07 Å². The summed E-state index contributed by atoms with van der Waals surface area (Å²) < 4.78 is 27.0. The van der Waals surface area contributed by atoms with E-state index in [-0.39, 0.29) is 11.9 Å². The lowest BCUT2D eigenvalue weighted by Gasteiger charge is -2.32. The summed E-state index contributed by atoms with van der Waals surface area (Å²) in [5.41, 5.74) is 1.28. The van der Waals surface area contributed by atoms with Crippen molar-refractivity contribution in [1.29, 1.82) is 0 Å². The third-order valence-corrected chi connectivity index (χ3v) is 4.71. The van der Waals surface area contributed by atoms with Crippen LogP contribution < -0.4 is 5.32 Å². The minimum atomic E-state index is -0.827. The topological polar surface area (TPSA) is 45.2 Å². The fourth-order valence-electron chi connectivity index (χ4n) is 2.94. The van der Waals surface area contributed by atoms with Crippen LogP contribution in [0.4, 0.5) is 8.78 Å². The molecular formula is C18H18BrF2N3O. The van der Waals surface area contributed by atoms with Crippen LogP contribution in [-0.4, -0.2) is 34.9 Å². The molecule has 0 bridgehead atoms. The van der Waals surface area contributed by atoms with Gasteiger partial charge in [-0.05, 0) is 52.5 Å². The highest BCUT2D eigenvalue weighted by atomic mass is 79.9. The molecule has 3 rings (SSSR count). The second-order valence-corrected chi connectivity index (χ2v) is 7.08. The normalized spacial score (nSPS) is 16.0. The fourth-order valence-corrected chi connectivity index (χ4v) is 3.30. The predicted molar refractivity (Wildman–Crippen MR) is 94.1 cm³/mol. The highest BCUT2D eigenvalue weighted by molar-refractivity contribution is 9.10. The molecular weight excluding hydrogens is 392 g/mol. The van der Waals surface area contributed by atoms with Gasteiger partial charge in [0.15, 0.2) is 11.6 Å². The van der Waals surface area contributed by atoms with Crippen LogP contribution in [0.2, 0.25) is 0 Å². The first kappa shape index (κ1) is 17.9. The van der Waals surface area contributed by atoms with Crippen LogP contribution in [0.1, 0.15) is 28.8 Å². The number of hydrogen-bond acceptors (Lipinski definition) is 3. The molecule has 0 saturated carbocycles. The number of benzene rings is 1. The van der Waals surface area contributed by atoms with Crippen molar-refractivity contribution in [2.24, 2.45) is 0 Å². The summed E-state index contributed by atoms with van der Waals surface area (Å²) in [5, 5.41) is 3.03. The first-order valence-corrected chi connectivity index (χ1v) is 8.88. The number of pyridine rings is 1. The largest absolute Gasteiger partial charge is 0.349 e. The molecule has 1 aliphatic heterocycles. The summed E-state index contributed by atoms with van der Waals surface area (Å²) in [6.07, 6.45) is 4.81. The third-order valence-electron chi connectivity index (χ3n) is 4.28. The Labute approximate surface area is 153 Å². The Bertz CT molecular complexity index is 764. The minimum Gasteiger partial charge on any atom is -0.349 e. The second-order valence-electron chi connectivity index (χ2n) is 6.16. The maximum Gasteiger partial charge on any atom is 0.253 e. The lowest BCUT2D eigenvalue weighted by molar-refractivity contribution is 0.0908. The monoisotopic (exact) mass is 409 g/mol. The smallest absolute Gasteiger partial charge is 0.253 e. The van der Waals surface area contributed by atoms with Gasteiger partial charge in [0.1, 0.15) is 0 Å². The maximum atomic E-state index is 13.3. The average Bonchev–Trinajstić information content (AvgIpc) is 2.60. The molecule has 25 heavy (non-hydrogen) atoms. The van der Waals surface area contributed by atoms with Gasteiger partial charge in [-0.2, -0.15) is 0 Å². The van der Waals surface area contributed by atoms with E-state index in [0.717, 1.165) is 42.0 Å². The number of carbonyl (C=O) groups is 1. The standard InChI is InChI=1S/C18H18BrF2N3O/c19-14-8-13(9-22-10-14)18(25)23-15-3-5-24(6-4-15)11-12-1-2-16(20)17(21)7-12/h1-2,7-10,15H,3-6,11H2,(H,23,25). The van der Waals surface area contributed by atoms with E-state index in [1.807, 2.05) is 0 Å². The quantitative estimate of drug-likeness (QED) is 0.839. The van der Waals surface area contributed by atoms with E-state index in [0.29, 0.717) is 12.1 Å². The SMILES string of the molecule is O=C(NC1CCN(Cc2ccc(F)c(F)c2)CC1)c1cncc(Br)c1. The van der Waals surface area contributed by atoms with Crippen LogP contribution in [0.3, 0.4) is 0 Å². The van der Waals surface area contributed by atoms with Gasteiger partial charge in [0, 0.05) is 42.5 Å².